The van der Waals surface area contributed by atoms with E-state index in [2.05, 4.69) is 4.98 Å². The first-order valence-corrected chi connectivity index (χ1v) is 11.9. The average Bonchev–Trinajstić information content (AvgIpc) is 2.77. The van der Waals surface area contributed by atoms with Crippen molar-refractivity contribution in [1.82, 2.24) is 4.98 Å². The van der Waals surface area contributed by atoms with Gasteiger partial charge in [0.2, 0.25) is 0 Å². The predicted molar refractivity (Wildman–Crippen MR) is 123 cm³/mol. The Balaban J connectivity index is 2.06. The lowest BCUT2D eigenvalue weighted by atomic mass is 10.1. The van der Waals surface area contributed by atoms with E-state index in [1.165, 1.54) is 48.5 Å². The monoisotopic (exact) mass is 492 g/mol. The molecule has 0 aliphatic rings. The van der Waals surface area contributed by atoms with Gasteiger partial charge in [0.25, 0.3) is 11.5 Å². The number of nitrogens with one attached hydrogen (secondary N) is 1. The molecule has 0 aliphatic carbocycles. The molecular weight excluding hydrogens is 469 g/mol. The Morgan fingerprint density at radius 3 is 2.24 bits per heavy atom. The van der Waals surface area contributed by atoms with Gasteiger partial charge in [-0.05, 0) is 68.8 Å². The number of aromatic nitrogens is 1. The van der Waals surface area contributed by atoms with Crippen LogP contribution < -0.4 is 10.5 Å². The Kier molecular flexibility index (Phi) is 7.02. The van der Waals surface area contributed by atoms with Gasteiger partial charge in [0.15, 0.2) is 9.84 Å². The number of alkyl halides is 3. The Bertz CT molecular complexity index is 1360. The molecule has 0 saturated carbocycles. The summed E-state index contributed by atoms with van der Waals surface area (Å²) < 4.78 is 64.6. The Hall–Kier alpha value is -3.40. The van der Waals surface area contributed by atoms with E-state index in [1.54, 1.807) is 20.8 Å². The number of benzene rings is 2. The van der Waals surface area contributed by atoms with Crippen molar-refractivity contribution in [2.45, 2.75) is 43.6 Å². The zero-order valence-electron chi connectivity index (χ0n) is 18.7. The minimum absolute atomic E-state index is 0.0568. The SMILES string of the molecule is Cc1ccc(C(=O)N(Cc2ccc(S(=O)(=O)C(C)C)cc2)c2cccc(C(F)(F)F)c2)c(=O)[nH]1. The van der Waals surface area contributed by atoms with Gasteiger partial charge in [0.05, 0.1) is 22.3 Å². The second-order valence-corrected chi connectivity index (χ2v) is 10.6. The van der Waals surface area contributed by atoms with Crippen molar-refractivity contribution in [3.05, 3.63) is 93.4 Å². The minimum Gasteiger partial charge on any atom is -0.326 e. The lowest BCUT2D eigenvalue weighted by Crippen LogP contribution is -2.34. The number of rotatable bonds is 6. The molecule has 0 atom stereocenters. The number of nitrogens with zero attached hydrogens (tertiary/aromatic N) is 1. The number of amides is 1. The number of halogens is 3. The number of hydrogen-bond donors (Lipinski definition) is 1. The van der Waals surface area contributed by atoms with Gasteiger partial charge < -0.3 is 9.88 Å². The predicted octanol–water partition coefficient (Wildman–Crippen LogP) is 4.73. The topological polar surface area (TPSA) is 87.3 Å². The van der Waals surface area contributed by atoms with Crippen LogP contribution in [-0.2, 0) is 22.6 Å². The van der Waals surface area contributed by atoms with E-state index in [0.717, 1.165) is 17.0 Å². The van der Waals surface area contributed by atoms with Gasteiger partial charge in [0, 0.05) is 11.4 Å². The Morgan fingerprint density at radius 2 is 1.68 bits per heavy atom. The normalized spacial score (nSPS) is 12.1. The summed E-state index contributed by atoms with van der Waals surface area (Å²) in [5.74, 6) is -0.792. The molecule has 1 aromatic heterocycles. The molecule has 180 valence electrons. The number of carbonyl (C=O) groups excluding carboxylic acids is 1. The van der Waals surface area contributed by atoms with Crippen LogP contribution in [0.5, 0.6) is 0 Å². The fourth-order valence-corrected chi connectivity index (χ4v) is 4.32. The number of hydrogen-bond acceptors (Lipinski definition) is 4. The average molecular weight is 493 g/mol. The Labute approximate surface area is 195 Å². The summed E-state index contributed by atoms with van der Waals surface area (Å²) in [4.78, 5) is 29.3. The van der Waals surface area contributed by atoms with Gasteiger partial charge in [-0.3, -0.25) is 9.59 Å². The molecule has 3 aromatic rings. The van der Waals surface area contributed by atoms with Crippen LogP contribution in [0, 0.1) is 6.92 Å². The van der Waals surface area contributed by atoms with Gasteiger partial charge in [0.1, 0.15) is 5.56 Å². The summed E-state index contributed by atoms with van der Waals surface area (Å²) in [5.41, 5.74) is -0.911. The van der Waals surface area contributed by atoms with Crippen LogP contribution in [-0.4, -0.2) is 24.6 Å². The molecule has 0 bridgehead atoms. The lowest BCUT2D eigenvalue weighted by molar-refractivity contribution is -0.137. The quantitative estimate of drug-likeness (QED) is 0.539. The van der Waals surface area contributed by atoms with Crippen molar-refractivity contribution >= 4 is 21.4 Å². The summed E-state index contributed by atoms with van der Waals surface area (Å²) in [5, 5.41) is -0.630. The van der Waals surface area contributed by atoms with Crippen LogP contribution >= 0.6 is 0 Å². The third-order valence-electron chi connectivity index (χ3n) is 5.23. The van der Waals surface area contributed by atoms with E-state index in [1.807, 2.05) is 0 Å². The number of aromatic amines is 1. The largest absolute Gasteiger partial charge is 0.416 e. The van der Waals surface area contributed by atoms with Crippen LogP contribution in [0.3, 0.4) is 0 Å². The van der Waals surface area contributed by atoms with Crippen LogP contribution in [0.15, 0.2) is 70.4 Å². The highest BCUT2D eigenvalue weighted by Gasteiger charge is 2.32. The van der Waals surface area contributed by atoms with Gasteiger partial charge in [-0.2, -0.15) is 13.2 Å². The number of H-pyrrole nitrogens is 1. The van der Waals surface area contributed by atoms with Crippen molar-refractivity contribution in [3.8, 4) is 0 Å². The smallest absolute Gasteiger partial charge is 0.326 e. The first-order valence-electron chi connectivity index (χ1n) is 10.3. The summed E-state index contributed by atoms with van der Waals surface area (Å²) >= 11 is 0. The molecule has 6 nitrogen and oxygen atoms in total. The molecule has 1 amide bonds. The molecule has 2 aromatic carbocycles. The van der Waals surface area contributed by atoms with E-state index < -0.39 is 38.3 Å². The third-order valence-corrected chi connectivity index (χ3v) is 7.40. The van der Waals surface area contributed by atoms with Crippen LogP contribution in [0.4, 0.5) is 18.9 Å². The number of pyridine rings is 1. The van der Waals surface area contributed by atoms with Gasteiger partial charge in [-0.15, -0.1) is 0 Å². The van der Waals surface area contributed by atoms with Crippen LogP contribution in [0.1, 0.15) is 41.0 Å². The third kappa shape index (κ3) is 5.39. The summed E-state index contributed by atoms with van der Waals surface area (Å²) in [6, 6.07) is 12.8. The Morgan fingerprint density at radius 1 is 1.03 bits per heavy atom. The molecule has 34 heavy (non-hydrogen) atoms. The number of sulfone groups is 1. The lowest BCUT2D eigenvalue weighted by Gasteiger charge is -2.24. The van der Waals surface area contributed by atoms with Crippen LogP contribution in [0.25, 0.3) is 0 Å². The highest BCUT2D eigenvalue weighted by atomic mass is 32.2. The van der Waals surface area contributed by atoms with Crippen molar-refractivity contribution in [1.29, 1.82) is 0 Å². The molecule has 0 aliphatic heterocycles. The fourth-order valence-electron chi connectivity index (χ4n) is 3.26. The molecular formula is C24H23F3N2O4S. The van der Waals surface area contributed by atoms with Gasteiger partial charge in [-0.1, -0.05) is 18.2 Å². The van der Waals surface area contributed by atoms with Crippen molar-refractivity contribution in [2.75, 3.05) is 4.90 Å². The highest BCUT2D eigenvalue weighted by molar-refractivity contribution is 7.92. The van der Waals surface area contributed by atoms with Gasteiger partial charge in [-0.25, -0.2) is 8.42 Å². The standard InChI is InChI=1S/C24H23F3N2O4S/c1-15(2)34(32,33)20-10-8-17(9-11-20)14-29(19-6-4-5-18(13-19)24(25,26)27)23(31)21-12-7-16(3)28-22(21)30/h4-13,15H,14H2,1-3H3,(H,28,30). The molecule has 3 rings (SSSR count). The fraction of sp³-hybridized carbons (Fsp3) is 0.250. The van der Waals surface area contributed by atoms with E-state index in [4.69, 9.17) is 0 Å². The molecule has 0 fully saturated rings. The first-order chi connectivity index (χ1) is 15.8. The zero-order valence-corrected chi connectivity index (χ0v) is 19.5. The molecule has 1 heterocycles. The van der Waals surface area contributed by atoms with E-state index >= 15 is 0 Å². The summed E-state index contributed by atoms with van der Waals surface area (Å²) in [6.45, 7) is 4.55. The van der Waals surface area contributed by atoms with Crippen molar-refractivity contribution in [3.63, 3.8) is 0 Å². The molecule has 0 radical (unpaired) electrons. The van der Waals surface area contributed by atoms with E-state index in [0.29, 0.717) is 11.3 Å². The first kappa shape index (κ1) is 25.2. The zero-order chi connectivity index (χ0) is 25.3. The maximum absolute atomic E-state index is 13.3. The maximum Gasteiger partial charge on any atom is 0.416 e. The molecule has 0 saturated heterocycles. The molecule has 1 N–H and O–H groups in total. The maximum atomic E-state index is 13.3. The number of aryl methyl sites for hydroxylation is 1. The highest BCUT2D eigenvalue weighted by Crippen LogP contribution is 2.32. The molecule has 0 spiro atoms. The number of anilines is 1. The summed E-state index contributed by atoms with van der Waals surface area (Å²) in [6.07, 6.45) is -4.63. The second-order valence-electron chi connectivity index (χ2n) is 8.06. The van der Waals surface area contributed by atoms with E-state index in [9.17, 15) is 31.2 Å². The summed E-state index contributed by atoms with van der Waals surface area (Å²) in [7, 11) is -3.52. The number of carbonyl (C=O) groups is 1. The van der Waals surface area contributed by atoms with Crippen molar-refractivity contribution < 1.29 is 26.4 Å². The molecule has 10 heteroatoms. The van der Waals surface area contributed by atoms with Gasteiger partial charge >= 0.3 is 6.18 Å². The second kappa shape index (κ2) is 9.46. The minimum atomic E-state index is -4.63. The van der Waals surface area contributed by atoms with Crippen molar-refractivity contribution in [2.24, 2.45) is 0 Å². The van der Waals surface area contributed by atoms with E-state index in [-0.39, 0.29) is 22.7 Å². The molecule has 0 unspecified atom stereocenters. The van der Waals surface area contributed by atoms with Crippen LogP contribution in [0.2, 0.25) is 0 Å².